The lowest BCUT2D eigenvalue weighted by Gasteiger charge is -2.44. The molecule has 6 nitrogen and oxygen atoms in total. The molecule has 1 aromatic heterocycles. The van der Waals surface area contributed by atoms with Crippen LogP contribution < -0.4 is 5.32 Å². The molecule has 1 saturated heterocycles. The summed E-state index contributed by atoms with van der Waals surface area (Å²) >= 11 is 0. The fourth-order valence-corrected chi connectivity index (χ4v) is 7.48. The minimum Gasteiger partial charge on any atom is -0.349 e. The van der Waals surface area contributed by atoms with Crippen molar-refractivity contribution in [1.82, 2.24) is 14.3 Å². The van der Waals surface area contributed by atoms with Crippen molar-refractivity contribution in [2.24, 2.45) is 0 Å². The Kier molecular flexibility index (Phi) is 5.74. The monoisotopic (exact) mass is 506 g/mol. The summed E-state index contributed by atoms with van der Waals surface area (Å²) in [7, 11) is -3.93. The molecule has 1 unspecified atom stereocenters. The quantitative estimate of drug-likeness (QED) is 0.302. The Hall–Kier alpha value is -4.07. The van der Waals surface area contributed by atoms with Crippen molar-refractivity contribution in [3.05, 3.63) is 127 Å². The van der Waals surface area contributed by atoms with Gasteiger partial charge in [-0.1, -0.05) is 84.9 Å². The van der Waals surface area contributed by atoms with Crippen LogP contribution in [-0.2, 0) is 14.8 Å². The molecule has 2 heterocycles. The predicted molar refractivity (Wildman–Crippen MR) is 149 cm³/mol. The molecule has 0 radical (unpaired) electrons. The first kappa shape index (κ1) is 23.3. The van der Waals surface area contributed by atoms with Gasteiger partial charge >= 0.3 is 0 Å². The van der Waals surface area contributed by atoms with E-state index in [9.17, 15) is 8.42 Å². The van der Waals surface area contributed by atoms with Crippen LogP contribution in [0, 0.1) is 0 Å². The highest BCUT2D eigenvalue weighted by Crippen LogP contribution is 2.45. The van der Waals surface area contributed by atoms with Crippen molar-refractivity contribution in [2.45, 2.75) is 10.8 Å². The number of fused-ring (bicyclic) bond motifs is 2. The van der Waals surface area contributed by atoms with Crippen molar-refractivity contribution in [3.63, 3.8) is 0 Å². The molecule has 0 amide bonds. The van der Waals surface area contributed by atoms with E-state index in [0.717, 1.165) is 21.5 Å². The average Bonchev–Trinajstić information content (AvgIpc) is 2.91. The van der Waals surface area contributed by atoms with Gasteiger partial charge in [0.25, 0.3) is 0 Å². The van der Waals surface area contributed by atoms with Gasteiger partial charge in [0, 0.05) is 25.5 Å². The number of benzene rings is 4. The molecule has 1 fully saturated rings. The first-order valence-corrected chi connectivity index (χ1v) is 13.6. The molecule has 1 atom stereocenters. The van der Waals surface area contributed by atoms with Gasteiger partial charge in [-0.05, 0) is 44.8 Å². The fraction of sp³-hybridized carbons (Fsp3) is 0.133. The molecule has 4 aromatic carbocycles. The van der Waals surface area contributed by atoms with Crippen LogP contribution in [-0.4, -0.2) is 41.8 Å². The predicted octanol–water partition coefficient (Wildman–Crippen LogP) is 5.34. The molecule has 0 spiro atoms. The Bertz CT molecular complexity index is 1710. The maximum absolute atomic E-state index is 14.6. The van der Waals surface area contributed by atoms with Crippen molar-refractivity contribution in [2.75, 3.05) is 18.4 Å². The van der Waals surface area contributed by atoms with Gasteiger partial charge in [-0.2, -0.15) is 4.31 Å². The second kappa shape index (κ2) is 9.10. The summed E-state index contributed by atoms with van der Waals surface area (Å²) in [5.41, 5.74) is 1.36. The van der Waals surface area contributed by atoms with Crippen molar-refractivity contribution in [1.29, 1.82) is 0 Å². The minimum absolute atomic E-state index is 0.0798. The van der Waals surface area contributed by atoms with Gasteiger partial charge in [0.1, 0.15) is 0 Å². The first-order chi connectivity index (χ1) is 18.0. The van der Waals surface area contributed by atoms with Crippen LogP contribution in [0.5, 0.6) is 0 Å². The standard InChI is InChI=1S/C30H26N4O2S/c1-2-30(25-16-15-22-9-3-4-11-24(22)19-25,28-14-7-12-23-10-5-6-13-27(23)28)37(35,36)34-20-26(21-34)33-29-31-17-8-18-32-29/h2-19,26H,1,20-21H2,(H,31,32,33). The van der Waals surface area contributed by atoms with Gasteiger partial charge < -0.3 is 5.32 Å². The number of rotatable bonds is 7. The molecule has 1 aliphatic heterocycles. The normalized spacial score (nSPS) is 16.2. The Morgan fingerprint density at radius 1 is 0.838 bits per heavy atom. The van der Waals surface area contributed by atoms with Gasteiger partial charge in [0.15, 0.2) is 4.75 Å². The summed E-state index contributed by atoms with van der Waals surface area (Å²) in [6.45, 7) is 4.75. The summed E-state index contributed by atoms with van der Waals surface area (Å²) in [4.78, 5) is 8.41. The van der Waals surface area contributed by atoms with Crippen LogP contribution in [0.25, 0.3) is 21.5 Å². The number of nitrogens with one attached hydrogen (secondary N) is 1. The van der Waals surface area contributed by atoms with E-state index in [0.29, 0.717) is 30.2 Å². The number of hydrogen-bond donors (Lipinski definition) is 1. The van der Waals surface area contributed by atoms with Crippen LogP contribution in [0.1, 0.15) is 11.1 Å². The van der Waals surface area contributed by atoms with E-state index >= 15 is 0 Å². The highest BCUT2D eigenvalue weighted by molar-refractivity contribution is 7.90. The van der Waals surface area contributed by atoms with E-state index in [-0.39, 0.29) is 6.04 Å². The van der Waals surface area contributed by atoms with E-state index < -0.39 is 14.8 Å². The first-order valence-electron chi connectivity index (χ1n) is 12.2. The second-order valence-electron chi connectivity index (χ2n) is 9.26. The van der Waals surface area contributed by atoms with Crippen molar-refractivity contribution < 1.29 is 8.42 Å². The molecule has 0 saturated carbocycles. The van der Waals surface area contributed by atoms with Crippen LogP contribution in [0.2, 0.25) is 0 Å². The summed E-state index contributed by atoms with van der Waals surface area (Å²) in [6, 6.07) is 29.2. The molecule has 0 aliphatic carbocycles. The number of sulfonamides is 1. The molecule has 1 N–H and O–H groups in total. The molecule has 37 heavy (non-hydrogen) atoms. The molecule has 1 aliphatic rings. The van der Waals surface area contributed by atoms with Crippen LogP contribution in [0.15, 0.2) is 116 Å². The molecule has 184 valence electrons. The Balaban J connectivity index is 1.49. The summed E-state index contributed by atoms with van der Waals surface area (Å²) in [6.07, 6.45) is 4.91. The van der Waals surface area contributed by atoms with Crippen molar-refractivity contribution in [3.8, 4) is 0 Å². The Morgan fingerprint density at radius 3 is 2.27 bits per heavy atom. The van der Waals surface area contributed by atoms with E-state index in [1.54, 1.807) is 24.5 Å². The number of hydrogen-bond acceptors (Lipinski definition) is 5. The third-order valence-corrected chi connectivity index (χ3v) is 9.56. The number of anilines is 1. The van der Waals surface area contributed by atoms with Crippen molar-refractivity contribution >= 4 is 37.5 Å². The van der Waals surface area contributed by atoms with E-state index in [1.165, 1.54) is 4.31 Å². The fourth-order valence-electron chi connectivity index (χ4n) is 5.23. The molecule has 7 heteroatoms. The third kappa shape index (κ3) is 3.79. The minimum atomic E-state index is -3.93. The van der Waals surface area contributed by atoms with Crippen LogP contribution in [0.3, 0.4) is 0 Å². The van der Waals surface area contributed by atoms with Gasteiger partial charge in [-0.15, -0.1) is 6.58 Å². The molecule has 5 aromatic rings. The van der Waals surface area contributed by atoms with Gasteiger partial charge in [0.05, 0.1) is 6.04 Å². The number of nitrogens with zero attached hydrogens (tertiary/aromatic N) is 3. The van der Waals surface area contributed by atoms with E-state index in [2.05, 4.69) is 21.9 Å². The summed E-state index contributed by atoms with van der Waals surface area (Å²) in [5.74, 6) is 0.489. The van der Waals surface area contributed by atoms with Gasteiger partial charge in [0.2, 0.25) is 16.0 Å². The molecular formula is C30H26N4O2S. The zero-order valence-electron chi connectivity index (χ0n) is 20.2. The SMILES string of the molecule is C=CC(c1ccc2ccccc2c1)(c1cccc2ccccc12)S(=O)(=O)N1CC(Nc2ncccn2)C1. The van der Waals surface area contributed by atoms with Crippen LogP contribution in [0.4, 0.5) is 5.95 Å². The molecular weight excluding hydrogens is 480 g/mol. The molecule has 0 bridgehead atoms. The average molecular weight is 507 g/mol. The lowest BCUT2D eigenvalue weighted by molar-refractivity contribution is 0.275. The van der Waals surface area contributed by atoms with Gasteiger partial charge in [-0.25, -0.2) is 18.4 Å². The number of aromatic nitrogens is 2. The lowest BCUT2D eigenvalue weighted by atomic mass is 9.86. The highest BCUT2D eigenvalue weighted by atomic mass is 32.2. The lowest BCUT2D eigenvalue weighted by Crippen LogP contribution is -2.61. The van der Waals surface area contributed by atoms with E-state index in [1.807, 2.05) is 84.9 Å². The zero-order chi connectivity index (χ0) is 25.5. The smallest absolute Gasteiger partial charge is 0.232 e. The summed E-state index contributed by atoms with van der Waals surface area (Å²) in [5, 5.41) is 7.12. The maximum atomic E-state index is 14.6. The zero-order valence-corrected chi connectivity index (χ0v) is 21.0. The highest BCUT2D eigenvalue weighted by Gasteiger charge is 2.52. The largest absolute Gasteiger partial charge is 0.349 e. The third-order valence-electron chi connectivity index (χ3n) is 7.15. The Morgan fingerprint density at radius 2 is 1.51 bits per heavy atom. The van der Waals surface area contributed by atoms with E-state index in [4.69, 9.17) is 0 Å². The topological polar surface area (TPSA) is 75.2 Å². The molecule has 6 rings (SSSR count). The summed E-state index contributed by atoms with van der Waals surface area (Å²) < 4.78 is 29.3. The van der Waals surface area contributed by atoms with Gasteiger partial charge in [-0.3, -0.25) is 0 Å². The Labute approximate surface area is 216 Å². The van der Waals surface area contributed by atoms with Crippen LogP contribution >= 0.6 is 0 Å². The second-order valence-corrected chi connectivity index (χ2v) is 11.4. The maximum Gasteiger partial charge on any atom is 0.232 e.